The van der Waals surface area contributed by atoms with Crippen LogP contribution < -0.4 is 0 Å². The Hall–Kier alpha value is -2.50. The Kier molecular flexibility index (Phi) is 28.4. The van der Waals surface area contributed by atoms with Crippen LogP contribution in [0.3, 0.4) is 0 Å². The SMILES string of the molecule is CCCCCCCC/C=C\CCCCCCCCCCCC(=O)OCC(O)CO.O=C(O)CC(O)(CC(=O)O)C(=O)O. The van der Waals surface area contributed by atoms with Crippen LogP contribution >= 0.6 is 0 Å². The predicted molar refractivity (Wildman–Crippen MR) is 159 cm³/mol. The minimum absolute atomic E-state index is 0.107. The third-order valence-corrected chi connectivity index (χ3v) is 6.58. The van der Waals surface area contributed by atoms with Gasteiger partial charge in [-0.25, -0.2) is 4.79 Å². The Labute approximate surface area is 251 Å². The van der Waals surface area contributed by atoms with Crippen molar-refractivity contribution < 1.29 is 54.6 Å². The molecule has 0 aliphatic carbocycles. The van der Waals surface area contributed by atoms with Gasteiger partial charge in [0.15, 0.2) is 5.60 Å². The van der Waals surface area contributed by atoms with E-state index in [0.717, 1.165) is 12.8 Å². The lowest BCUT2D eigenvalue weighted by Gasteiger charge is -2.18. The Morgan fingerprint density at radius 3 is 1.48 bits per heavy atom. The second-order valence-electron chi connectivity index (χ2n) is 10.7. The maximum Gasteiger partial charge on any atom is 0.336 e. The van der Waals surface area contributed by atoms with E-state index < -0.39 is 42.5 Å². The number of esters is 1. The number of carboxylic acids is 3. The Morgan fingerprint density at radius 1 is 0.690 bits per heavy atom. The number of rotatable bonds is 27. The molecule has 42 heavy (non-hydrogen) atoms. The van der Waals surface area contributed by atoms with Crippen molar-refractivity contribution in [3.05, 3.63) is 12.2 Å². The van der Waals surface area contributed by atoms with Crippen LogP contribution in [0.1, 0.15) is 135 Å². The van der Waals surface area contributed by atoms with E-state index >= 15 is 0 Å². The number of hydrogen-bond acceptors (Lipinski definition) is 8. The summed E-state index contributed by atoms with van der Waals surface area (Å²) in [6.45, 7) is 1.79. The largest absolute Gasteiger partial charge is 0.481 e. The Morgan fingerprint density at radius 2 is 1.10 bits per heavy atom. The molecule has 0 fully saturated rings. The highest BCUT2D eigenvalue weighted by Crippen LogP contribution is 2.16. The maximum atomic E-state index is 11.4. The zero-order valence-electron chi connectivity index (χ0n) is 25.5. The van der Waals surface area contributed by atoms with Gasteiger partial charge >= 0.3 is 23.9 Å². The van der Waals surface area contributed by atoms with E-state index in [1.807, 2.05) is 0 Å². The molecule has 1 unspecified atom stereocenters. The molecule has 0 aromatic carbocycles. The topological polar surface area (TPSA) is 199 Å². The van der Waals surface area contributed by atoms with E-state index in [1.165, 1.54) is 96.3 Å². The molecule has 246 valence electrons. The molecule has 0 bridgehead atoms. The zero-order valence-corrected chi connectivity index (χ0v) is 25.5. The Balaban J connectivity index is 0. The summed E-state index contributed by atoms with van der Waals surface area (Å²) in [5.74, 6) is -5.30. The van der Waals surface area contributed by atoms with Gasteiger partial charge in [0.1, 0.15) is 12.7 Å². The monoisotopic (exact) mass is 604 g/mol. The summed E-state index contributed by atoms with van der Waals surface area (Å²) in [6, 6.07) is 0. The molecule has 0 amide bonds. The summed E-state index contributed by atoms with van der Waals surface area (Å²) < 4.78 is 4.88. The van der Waals surface area contributed by atoms with Crippen molar-refractivity contribution in [3.63, 3.8) is 0 Å². The van der Waals surface area contributed by atoms with Crippen LogP contribution in [0.2, 0.25) is 0 Å². The second-order valence-corrected chi connectivity index (χ2v) is 10.7. The van der Waals surface area contributed by atoms with E-state index in [2.05, 4.69) is 19.1 Å². The molecule has 6 N–H and O–H groups in total. The molecule has 11 nitrogen and oxygen atoms in total. The summed E-state index contributed by atoms with van der Waals surface area (Å²) in [5.41, 5.74) is -2.74. The molecule has 0 aromatic heterocycles. The number of allylic oxidation sites excluding steroid dienone is 2. The van der Waals surface area contributed by atoms with Crippen molar-refractivity contribution in [3.8, 4) is 0 Å². The van der Waals surface area contributed by atoms with Crippen LogP contribution in [0.15, 0.2) is 12.2 Å². The molecule has 0 saturated heterocycles. The molecule has 1 atom stereocenters. The lowest BCUT2D eigenvalue weighted by Crippen LogP contribution is -2.42. The fourth-order valence-electron chi connectivity index (χ4n) is 4.08. The fourth-order valence-corrected chi connectivity index (χ4v) is 4.08. The van der Waals surface area contributed by atoms with Crippen molar-refractivity contribution in [2.24, 2.45) is 0 Å². The van der Waals surface area contributed by atoms with E-state index in [4.69, 9.17) is 35.4 Å². The first-order valence-electron chi connectivity index (χ1n) is 15.5. The third-order valence-electron chi connectivity index (χ3n) is 6.58. The smallest absolute Gasteiger partial charge is 0.336 e. The minimum Gasteiger partial charge on any atom is -0.481 e. The molecule has 0 heterocycles. The summed E-state index contributed by atoms with van der Waals surface area (Å²) >= 11 is 0. The third kappa shape index (κ3) is 29.0. The van der Waals surface area contributed by atoms with Gasteiger partial charge in [-0.2, -0.15) is 0 Å². The number of aliphatic carboxylic acids is 3. The molecular weight excluding hydrogens is 548 g/mol. The van der Waals surface area contributed by atoms with Crippen molar-refractivity contribution in [2.45, 2.75) is 147 Å². The highest BCUT2D eigenvalue weighted by Gasteiger charge is 2.40. The van der Waals surface area contributed by atoms with Gasteiger partial charge in [-0.3, -0.25) is 14.4 Å². The normalized spacial score (nSPS) is 12.0. The number of carboxylic acid groups (broad SMARTS) is 3. The van der Waals surface area contributed by atoms with Gasteiger partial charge in [0.2, 0.25) is 0 Å². The van der Waals surface area contributed by atoms with Crippen LogP contribution in [0.25, 0.3) is 0 Å². The van der Waals surface area contributed by atoms with E-state index in [-0.39, 0.29) is 19.2 Å². The lowest BCUT2D eigenvalue weighted by molar-refractivity contribution is -0.170. The van der Waals surface area contributed by atoms with Crippen LogP contribution in [0.5, 0.6) is 0 Å². The highest BCUT2D eigenvalue weighted by atomic mass is 16.5. The standard InChI is InChI=1S/C25H48O4.C6H8O7/c1-2-3-4-5-6-7-8-9-10-11-12-13-14-15-16-17-18-19-20-21-25(28)29-23-24(27)22-26;7-3(8)1-6(13,5(11)12)2-4(9)10/h9-10,24,26-27H,2-8,11-23H2,1H3;13H,1-2H2,(H,7,8)(H,9,10)(H,11,12)/b10-9-;. The molecule has 0 aliphatic heterocycles. The van der Waals surface area contributed by atoms with Gasteiger partial charge in [-0.15, -0.1) is 0 Å². The maximum absolute atomic E-state index is 11.4. The van der Waals surface area contributed by atoms with Crippen LogP contribution in [0, 0.1) is 0 Å². The first kappa shape index (κ1) is 41.6. The van der Waals surface area contributed by atoms with E-state index in [0.29, 0.717) is 6.42 Å². The molecular formula is C31H56O11. The van der Waals surface area contributed by atoms with Crippen molar-refractivity contribution >= 4 is 23.9 Å². The van der Waals surface area contributed by atoms with Crippen LogP contribution in [-0.2, 0) is 23.9 Å². The number of unbranched alkanes of at least 4 members (excludes halogenated alkanes) is 15. The van der Waals surface area contributed by atoms with Gasteiger partial charge in [-0.1, -0.05) is 96.1 Å². The molecule has 11 heteroatoms. The first-order valence-corrected chi connectivity index (χ1v) is 15.5. The summed E-state index contributed by atoms with van der Waals surface area (Å²) in [5, 5.41) is 51.6. The molecule has 0 spiro atoms. The minimum atomic E-state index is -2.74. The number of aliphatic hydroxyl groups excluding tert-OH is 2. The zero-order chi connectivity index (χ0) is 32.1. The number of ether oxygens (including phenoxy) is 1. The first-order chi connectivity index (χ1) is 20.0. The summed E-state index contributed by atoms with van der Waals surface area (Å²) in [7, 11) is 0. The number of carbonyl (C=O) groups is 4. The number of carbonyl (C=O) groups excluding carboxylic acids is 1. The predicted octanol–water partition coefficient (Wildman–Crippen LogP) is 5.23. The van der Waals surface area contributed by atoms with Gasteiger partial charge in [0.05, 0.1) is 19.4 Å². The average molecular weight is 605 g/mol. The van der Waals surface area contributed by atoms with E-state index in [9.17, 15) is 19.2 Å². The van der Waals surface area contributed by atoms with Crippen LogP contribution in [0.4, 0.5) is 0 Å². The highest BCUT2D eigenvalue weighted by molar-refractivity contribution is 5.88. The van der Waals surface area contributed by atoms with Crippen LogP contribution in [-0.4, -0.2) is 79.4 Å². The van der Waals surface area contributed by atoms with E-state index in [1.54, 1.807) is 0 Å². The fraction of sp³-hybridized carbons (Fsp3) is 0.806. The molecule has 0 radical (unpaired) electrons. The number of hydrogen-bond donors (Lipinski definition) is 6. The molecule has 0 aromatic rings. The summed E-state index contributed by atoms with van der Waals surface area (Å²) in [4.78, 5) is 41.9. The van der Waals surface area contributed by atoms with Crippen molar-refractivity contribution in [2.75, 3.05) is 13.2 Å². The summed E-state index contributed by atoms with van der Waals surface area (Å²) in [6.07, 6.45) is 23.6. The molecule has 0 rings (SSSR count). The lowest BCUT2D eigenvalue weighted by atomic mass is 9.96. The van der Waals surface area contributed by atoms with Crippen molar-refractivity contribution in [1.29, 1.82) is 0 Å². The molecule has 0 aliphatic rings. The quantitative estimate of drug-likeness (QED) is 0.0407. The molecule has 0 saturated carbocycles. The second kappa shape index (κ2) is 28.6. The number of aliphatic hydroxyl groups is 3. The van der Waals surface area contributed by atoms with Gasteiger partial charge < -0.3 is 35.4 Å². The Bertz CT molecular complexity index is 720. The van der Waals surface area contributed by atoms with Gasteiger partial charge in [0.25, 0.3) is 0 Å². The van der Waals surface area contributed by atoms with Crippen molar-refractivity contribution in [1.82, 2.24) is 0 Å². The average Bonchev–Trinajstić information content (AvgIpc) is 2.92. The van der Waals surface area contributed by atoms with Gasteiger partial charge in [0, 0.05) is 6.42 Å². The van der Waals surface area contributed by atoms with Gasteiger partial charge in [-0.05, 0) is 32.1 Å².